The molecule has 4 rings (SSSR count). The molecule has 0 amide bonds. The molecule has 0 fully saturated rings. The van der Waals surface area contributed by atoms with Gasteiger partial charge in [-0.2, -0.15) is 0 Å². The van der Waals surface area contributed by atoms with Gasteiger partial charge in [-0.1, -0.05) is 42.5 Å². The fraction of sp³-hybridized carbons (Fsp3) is 0. The average molecular weight is 539 g/mol. The van der Waals surface area contributed by atoms with E-state index < -0.39 is 23.3 Å². The molecule has 0 unspecified atom stereocenters. The number of nitrogens with zero attached hydrogens (tertiary/aromatic N) is 2. The molecule has 0 atom stereocenters. The van der Waals surface area contributed by atoms with Crippen LogP contribution in [0.15, 0.2) is 72.8 Å². The molecule has 2 heterocycles. The number of rotatable bonds is 2. The fourth-order valence-corrected chi connectivity index (χ4v) is 2.38. The summed E-state index contributed by atoms with van der Waals surface area (Å²) in [5.41, 5.74) is 1.28. The van der Waals surface area contributed by atoms with Crippen LogP contribution in [-0.2, 0) is 21.1 Å². The van der Waals surface area contributed by atoms with E-state index in [1.54, 1.807) is 0 Å². The molecule has 0 aliphatic heterocycles. The summed E-state index contributed by atoms with van der Waals surface area (Å²) >= 11 is 0. The molecule has 0 saturated heterocycles. The molecule has 7 heteroatoms. The number of carbonyl (C=O) groups is 2. The smallest absolute Gasteiger partial charge is 0.543 e. The van der Waals surface area contributed by atoms with Gasteiger partial charge in [-0.15, -0.1) is 0 Å². The Hall–Kier alpha value is -3.11. The van der Waals surface area contributed by atoms with Crippen LogP contribution < -0.4 is 10.2 Å². The standard InChI is InChI=1S/C13H9N.C7H5NO4.Pt/c1-3-7-12-10(5-1)9-11-6-2-4-8-13(11)14-12;9-6(10)4-2-1-3-5(8-4)7(11)12;/h1-9H;1-3H,(H,9,10)(H,11,12);/q;;+2/p-2. The maximum absolute atomic E-state index is 10.2. The number of pyridine rings is 2. The molecule has 0 aliphatic rings. The molecule has 27 heavy (non-hydrogen) atoms. The predicted octanol–water partition coefficient (Wildman–Crippen LogP) is 1.19. The largest absolute Gasteiger partial charge is 2.00 e. The van der Waals surface area contributed by atoms with Gasteiger partial charge >= 0.3 is 21.1 Å². The van der Waals surface area contributed by atoms with E-state index in [1.807, 2.05) is 36.4 Å². The van der Waals surface area contributed by atoms with Gasteiger partial charge in [-0.25, -0.2) is 9.97 Å². The Labute approximate surface area is 168 Å². The van der Waals surface area contributed by atoms with Crippen LogP contribution in [0, 0.1) is 0 Å². The Bertz CT molecular complexity index is 981. The van der Waals surface area contributed by atoms with E-state index in [-0.39, 0.29) is 21.1 Å². The Morgan fingerprint density at radius 2 is 1.07 bits per heavy atom. The van der Waals surface area contributed by atoms with E-state index in [1.165, 1.54) is 16.8 Å². The molecule has 2 aromatic carbocycles. The van der Waals surface area contributed by atoms with Gasteiger partial charge in [0, 0.05) is 10.8 Å². The second-order valence-corrected chi connectivity index (χ2v) is 5.36. The van der Waals surface area contributed by atoms with Crippen LogP contribution in [-0.4, -0.2) is 21.9 Å². The SMILES string of the molecule is O=C([O-])c1cccc(C(=O)[O-])n1.[Pt+2].c1ccc2nc3ccccc3cc2c1. The topological polar surface area (TPSA) is 106 Å². The van der Waals surface area contributed by atoms with Crippen LogP contribution in [0.3, 0.4) is 0 Å². The normalized spacial score (nSPS) is 9.78. The zero-order valence-corrected chi connectivity index (χ0v) is 16.0. The summed E-state index contributed by atoms with van der Waals surface area (Å²) in [5.74, 6) is -3.03. The van der Waals surface area contributed by atoms with E-state index >= 15 is 0 Å². The van der Waals surface area contributed by atoms with Gasteiger partial charge < -0.3 is 19.8 Å². The molecule has 0 radical (unpaired) electrons. The van der Waals surface area contributed by atoms with Gasteiger partial charge in [0.2, 0.25) is 0 Å². The number of hydrogen-bond acceptors (Lipinski definition) is 6. The molecule has 2 aromatic heterocycles. The molecular formula is C20H12N2O4Pt. The van der Waals surface area contributed by atoms with E-state index in [0.29, 0.717) is 0 Å². The van der Waals surface area contributed by atoms with Crippen molar-refractivity contribution < 1.29 is 40.9 Å². The molecule has 6 nitrogen and oxygen atoms in total. The summed E-state index contributed by atoms with van der Waals surface area (Å²) < 4.78 is 0. The number of hydrogen-bond donors (Lipinski definition) is 0. The number of fused-ring (bicyclic) bond motifs is 2. The summed E-state index contributed by atoms with van der Waals surface area (Å²) in [6.45, 7) is 0. The molecule has 0 saturated carbocycles. The van der Waals surface area contributed by atoms with Gasteiger partial charge in [0.1, 0.15) is 0 Å². The summed E-state index contributed by atoms with van der Waals surface area (Å²) in [7, 11) is 0. The van der Waals surface area contributed by atoms with Crippen LogP contribution in [0.25, 0.3) is 21.8 Å². The number of aromatic nitrogens is 2. The van der Waals surface area contributed by atoms with Crippen molar-refractivity contribution in [2.45, 2.75) is 0 Å². The van der Waals surface area contributed by atoms with Crippen LogP contribution in [0.4, 0.5) is 0 Å². The zero-order valence-electron chi connectivity index (χ0n) is 13.8. The van der Waals surface area contributed by atoms with Gasteiger partial charge in [-0.05, 0) is 30.3 Å². The predicted molar refractivity (Wildman–Crippen MR) is 92.1 cm³/mol. The first-order valence-electron chi connectivity index (χ1n) is 7.69. The summed E-state index contributed by atoms with van der Waals surface area (Å²) in [4.78, 5) is 28.2. The molecule has 136 valence electrons. The Morgan fingerprint density at radius 1 is 0.630 bits per heavy atom. The molecule has 0 bridgehead atoms. The van der Waals surface area contributed by atoms with E-state index in [0.717, 1.165) is 23.2 Å². The number of carbonyl (C=O) groups excluding carboxylic acids is 2. The first kappa shape index (κ1) is 20.2. The third kappa shape index (κ3) is 4.96. The zero-order chi connectivity index (χ0) is 18.5. The Morgan fingerprint density at radius 3 is 1.52 bits per heavy atom. The summed E-state index contributed by atoms with van der Waals surface area (Å²) in [6.07, 6.45) is 0. The monoisotopic (exact) mass is 539 g/mol. The van der Waals surface area contributed by atoms with Crippen molar-refractivity contribution in [3.05, 3.63) is 84.2 Å². The number of carboxylic acid groups (broad SMARTS) is 2. The average Bonchev–Trinajstić information content (AvgIpc) is 2.67. The van der Waals surface area contributed by atoms with Crippen LogP contribution in [0.5, 0.6) is 0 Å². The minimum absolute atomic E-state index is 0. The van der Waals surface area contributed by atoms with Crippen LogP contribution in [0.1, 0.15) is 21.0 Å². The minimum atomic E-state index is -1.52. The van der Waals surface area contributed by atoms with Gasteiger partial charge in [0.05, 0.1) is 34.4 Å². The van der Waals surface area contributed by atoms with Crippen molar-refractivity contribution in [1.82, 2.24) is 9.97 Å². The van der Waals surface area contributed by atoms with Crippen molar-refractivity contribution in [1.29, 1.82) is 0 Å². The third-order valence-electron chi connectivity index (χ3n) is 3.59. The summed E-state index contributed by atoms with van der Waals surface area (Å²) in [6, 6.07) is 22.1. The fourth-order valence-electron chi connectivity index (χ4n) is 2.38. The minimum Gasteiger partial charge on any atom is -0.543 e. The van der Waals surface area contributed by atoms with Crippen molar-refractivity contribution >= 4 is 33.7 Å². The molecular weight excluding hydrogens is 527 g/mol. The third-order valence-corrected chi connectivity index (χ3v) is 3.59. The number of para-hydroxylation sites is 2. The molecule has 4 aromatic rings. The Kier molecular flexibility index (Phi) is 6.74. The second-order valence-electron chi connectivity index (χ2n) is 5.36. The molecule has 0 aliphatic carbocycles. The van der Waals surface area contributed by atoms with Crippen molar-refractivity contribution in [2.75, 3.05) is 0 Å². The maximum Gasteiger partial charge on any atom is 2.00 e. The van der Waals surface area contributed by atoms with E-state index in [2.05, 4.69) is 28.2 Å². The van der Waals surface area contributed by atoms with E-state index in [4.69, 9.17) is 0 Å². The Balaban J connectivity index is 0.000000190. The van der Waals surface area contributed by atoms with Crippen molar-refractivity contribution in [3.8, 4) is 0 Å². The molecule has 0 spiro atoms. The number of benzene rings is 2. The first-order valence-corrected chi connectivity index (χ1v) is 7.69. The number of carboxylic acids is 2. The van der Waals surface area contributed by atoms with E-state index in [9.17, 15) is 19.8 Å². The van der Waals surface area contributed by atoms with Crippen molar-refractivity contribution in [2.24, 2.45) is 0 Å². The van der Waals surface area contributed by atoms with Crippen LogP contribution in [0.2, 0.25) is 0 Å². The quantitative estimate of drug-likeness (QED) is 0.355. The van der Waals surface area contributed by atoms with Gasteiger partial charge in [0.25, 0.3) is 0 Å². The van der Waals surface area contributed by atoms with Gasteiger partial charge in [0.15, 0.2) is 0 Å². The first-order chi connectivity index (χ1) is 12.5. The summed E-state index contributed by atoms with van der Waals surface area (Å²) in [5, 5.41) is 22.8. The number of aromatic carboxylic acids is 2. The molecule has 0 N–H and O–H groups in total. The van der Waals surface area contributed by atoms with Crippen LogP contribution >= 0.6 is 0 Å². The maximum atomic E-state index is 10.2. The van der Waals surface area contributed by atoms with Crippen molar-refractivity contribution in [3.63, 3.8) is 0 Å². The second kappa shape index (κ2) is 9.01. The van der Waals surface area contributed by atoms with Gasteiger partial charge in [-0.3, -0.25) is 0 Å².